The molecule has 1 amide bonds. The molecule has 1 aliphatic rings. The maximum atomic E-state index is 12.6. The zero-order chi connectivity index (χ0) is 18.0. The average Bonchev–Trinajstić information content (AvgIpc) is 3.02. The van der Waals surface area contributed by atoms with Crippen molar-refractivity contribution in [2.45, 2.75) is 17.1 Å². The fourth-order valence-electron chi connectivity index (χ4n) is 2.01. The van der Waals surface area contributed by atoms with E-state index in [9.17, 15) is 26.4 Å². The fourth-order valence-corrected chi connectivity index (χ4v) is 5.16. The number of halogens is 3. The van der Waals surface area contributed by atoms with Gasteiger partial charge in [0.25, 0.3) is 0 Å². The molecule has 2 rings (SSSR count). The van der Waals surface area contributed by atoms with Crippen molar-refractivity contribution in [2.24, 2.45) is 0 Å². The molecule has 1 aliphatic heterocycles. The normalized spacial score (nSPS) is 19.0. The van der Waals surface area contributed by atoms with Gasteiger partial charge in [0.2, 0.25) is 15.9 Å². The van der Waals surface area contributed by atoms with Crippen LogP contribution in [0.25, 0.3) is 0 Å². The van der Waals surface area contributed by atoms with Gasteiger partial charge in [0.1, 0.15) is 12.6 Å². The van der Waals surface area contributed by atoms with Crippen molar-refractivity contribution in [1.29, 1.82) is 5.26 Å². The molecule has 11 heteroatoms. The Morgan fingerprint density at radius 3 is 2.54 bits per heavy atom. The maximum absolute atomic E-state index is 12.6. The lowest BCUT2D eigenvalue weighted by Gasteiger charge is -2.22. The number of hydrogen-bond acceptors (Lipinski definition) is 5. The lowest BCUT2D eigenvalue weighted by atomic mass is 10.2. The first kappa shape index (κ1) is 18.6. The Morgan fingerprint density at radius 2 is 2.00 bits per heavy atom. The smallest absolute Gasteiger partial charge is 0.346 e. The molecule has 6 nitrogen and oxygen atoms in total. The van der Waals surface area contributed by atoms with Crippen molar-refractivity contribution in [3.8, 4) is 6.07 Å². The summed E-state index contributed by atoms with van der Waals surface area (Å²) in [6.07, 6.45) is -4.57. The van der Waals surface area contributed by atoms with Crippen LogP contribution < -0.4 is 5.32 Å². The van der Waals surface area contributed by atoms with Crippen LogP contribution in [0.3, 0.4) is 0 Å². The molecule has 0 bridgehead atoms. The van der Waals surface area contributed by atoms with Crippen LogP contribution in [-0.2, 0) is 14.8 Å². The zero-order valence-electron chi connectivity index (χ0n) is 12.1. The van der Waals surface area contributed by atoms with Crippen molar-refractivity contribution in [3.63, 3.8) is 0 Å². The second-order valence-corrected chi connectivity index (χ2v) is 7.77. The van der Waals surface area contributed by atoms with Crippen molar-refractivity contribution in [1.82, 2.24) is 9.62 Å². The van der Waals surface area contributed by atoms with Gasteiger partial charge in [-0.1, -0.05) is 0 Å². The molecule has 1 aromatic rings. The molecule has 0 radical (unpaired) electrons. The second-order valence-electron chi connectivity index (χ2n) is 4.88. The maximum Gasteiger partial charge on any atom is 0.405 e. The summed E-state index contributed by atoms with van der Waals surface area (Å²) in [7, 11) is -4.05. The number of nitriles is 1. The highest BCUT2D eigenvalue weighted by Crippen LogP contribution is 2.28. The quantitative estimate of drug-likeness (QED) is 0.852. The zero-order valence-corrected chi connectivity index (χ0v) is 13.7. The molecule has 1 atom stereocenters. The summed E-state index contributed by atoms with van der Waals surface area (Å²) in [5.41, 5.74) is 0.268. The third-order valence-corrected chi connectivity index (χ3v) is 6.24. The minimum atomic E-state index is -4.57. The number of amides is 1. The minimum Gasteiger partial charge on any atom is -0.346 e. The first-order chi connectivity index (χ1) is 11.1. The van der Waals surface area contributed by atoms with E-state index in [1.54, 1.807) is 5.32 Å². The van der Waals surface area contributed by atoms with E-state index in [0.717, 1.165) is 16.1 Å². The lowest BCUT2D eigenvalue weighted by molar-refractivity contribution is -0.140. The largest absolute Gasteiger partial charge is 0.405 e. The number of carbonyl (C=O) groups is 1. The number of thioether (sulfide) groups is 1. The summed E-state index contributed by atoms with van der Waals surface area (Å²) in [4.78, 5) is 11.8. The molecule has 1 aromatic carbocycles. The van der Waals surface area contributed by atoms with Crippen LogP contribution >= 0.6 is 11.8 Å². The van der Waals surface area contributed by atoms with E-state index in [-0.39, 0.29) is 22.1 Å². The number of nitrogens with one attached hydrogen (secondary N) is 1. The van der Waals surface area contributed by atoms with E-state index in [2.05, 4.69) is 0 Å². The Bertz CT molecular complexity index is 757. The highest BCUT2D eigenvalue weighted by molar-refractivity contribution is 8.00. The number of nitrogens with zero attached hydrogens (tertiary/aromatic N) is 2. The predicted octanol–water partition coefficient (Wildman–Crippen LogP) is 1.30. The van der Waals surface area contributed by atoms with E-state index < -0.39 is 34.7 Å². The molecule has 0 aromatic heterocycles. The van der Waals surface area contributed by atoms with Gasteiger partial charge in [-0.2, -0.15) is 22.7 Å². The third-order valence-electron chi connectivity index (χ3n) is 3.20. The van der Waals surface area contributed by atoms with Gasteiger partial charge in [0.15, 0.2) is 0 Å². The van der Waals surface area contributed by atoms with Gasteiger partial charge in [-0.3, -0.25) is 4.79 Å². The van der Waals surface area contributed by atoms with Crippen molar-refractivity contribution in [2.75, 3.05) is 18.2 Å². The van der Waals surface area contributed by atoms with E-state index in [0.29, 0.717) is 0 Å². The number of benzene rings is 1. The number of rotatable bonds is 4. The number of carbonyl (C=O) groups excluding carboxylic acids is 1. The summed E-state index contributed by atoms with van der Waals surface area (Å²) in [5.74, 6) is -0.958. The Balaban J connectivity index is 2.19. The highest BCUT2D eigenvalue weighted by Gasteiger charge is 2.41. The lowest BCUT2D eigenvalue weighted by Crippen LogP contribution is -2.49. The van der Waals surface area contributed by atoms with E-state index >= 15 is 0 Å². The molecule has 1 saturated heterocycles. The molecule has 1 heterocycles. The van der Waals surface area contributed by atoms with Gasteiger partial charge in [-0.15, -0.1) is 11.8 Å². The van der Waals surface area contributed by atoms with Crippen LogP contribution in [0.4, 0.5) is 13.2 Å². The molecule has 1 N–H and O–H groups in total. The van der Waals surface area contributed by atoms with Crippen LogP contribution in [0.15, 0.2) is 29.2 Å². The molecule has 0 saturated carbocycles. The monoisotopic (exact) mass is 379 g/mol. The molecule has 0 aliphatic carbocycles. The average molecular weight is 379 g/mol. The Morgan fingerprint density at radius 1 is 1.38 bits per heavy atom. The fraction of sp³-hybridized carbons (Fsp3) is 0.385. The highest BCUT2D eigenvalue weighted by atomic mass is 32.2. The van der Waals surface area contributed by atoms with Crippen LogP contribution in [0.1, 0.15) is 5.56 Å². The SMILES string of the molecule is N#Cc1ccc(S(=O)(=O)N2CSC[C@@H]2C(=O)NCC(F)(F)F)cc1. The Labute approximate surface area is 140 Å². The van der Waals surface area contributed by atoms with E-state index in [1.807, 2.05) is 6.07 Å². The van der Waals surface area contributed by atoms with Gasteiger partial charge < -0.3 is 5.32 Å². The van der Waals surface area contributed by atoms with Gasteiger partial charge in [-0.25, -0.2) is 8.42 Å². The summed E-state index contributed by atoms with van der Waals surface area (Å²) in [5, 5.41) is 10.4. The van der Waals surface area contributed by atoms with Gasteiger partial charge in [0, 0.05) is 5.75 Å². The van der Waals surface area contributed by atoms with E-state index in [4.69, 9.17) is 5.26 Å². The van der Waals surface area contributed by atoms with Gasteiger partial charge in [0.05, 0.1) is 22.4 Å². The summed E-state index contributed by atoms with van der Waals surface area (Å²) >= 11 is 1.13. The van der Waals surface area contributed by atoms with Gasteiger partial charge >= 0.3 is 6.18 Å². The summed E-state index contributed by atoms with van der Waals surface area (Å²) < 4.78 is 62.6. The number of alkyl halides is 3. The van der Waals surface area contributed by atoms with Crippen molar-refractivity contribution in [3.05, 3.63) is 29.8 Å². The summed E-state index contributed by atoms with van der Waals surface area (Å²) in [6, 6.07) is 5.72. The minimum absolute atomic E-state index is 0.0353. The van der Waals surface area contributed by atoms with Crippen LogP contribution in [0, 0.1) is 11.3 Å². The van der Waals surface area contributed by atoms with Crippen LogP contribution in [-0.4, -0.2) is 49.0 Å². The first-order valence-corrected chi connectivity index (χ1v) is 9.19. The molecule has 1 fully saturated rings. The summed E-state index contributed by atoms with van der Waals surface area (Å²) in [6.45, 7) is -1.52. The van der Waals surface area contributed by atoms with Gasteiger partial charge in [-0.05, 0) is 24.3 Å². The molecule has 130 valence electrons. The first-order valence-electron chi connectivity index (χ1n) is 6.59. The van der Waals surface area contributed by atoms with Crippen molar-refractivity contribution < 1.29 is 26.4 Å². The molecule has 0 spiro atoms. The third kappa shape index (κ3) is 4.19. The number of sulfonamides is 1. The second kappa shape index (κ2) is 7.00. The van der Waals surface area contributed by atoms with E-state index in [1.165, 1.54) is 24.3 Å². The molecular weight excluding hydrogens is 367 g/mol. The van der Waals surface area contributed by atoms with Crippen LogP contribution in [0.5, 0.6) is 0 Å². The molecular formula is C13H12F3N3O3S2. The molecule has 24 heavy (non-hydrogen) atoms. The number of hydrogen-bond donors (Lipinski definition) is 1. The van der Waals surface area contributed by atoms with Crippen LogP contribution in [0.2, 0.25) is 0 Å². The standard InChI is InChI=1S/C13H12F3N3O3S2/c14-13(15,16)7-18-12(20)11-6-23-8-19(11)24(21,22)10-3-1-9(5-17)2-4-10/h1-4,11H,6-8H2,(H,18,20)/t11-/m1/s1. The molecule has 0 unspecified atom stereocenters. The van der Waals surface area contributed by atoms with Crippen molar-refractivity contribution >= 4 is 27.7 Å². The topological polar surface area (TPSA) is 90.3 Å². The Hall–Kier alpha value is -1.77. The predicted molar refractivity (Wildman–Crippen MR) is 80.4 cm³/mol. The Kier molecular flexibility index (Phi) is 5.42.